The Morgan fingerprint density at radius 2 is 2.06 bits per heavy atom. The minimum atomic E-state index is -0.828. The van der Waals surface area contributed by atoms with Gasteiger partial charge in [0, 0.05) is 12.6 Å². The molecule has 0 aromatic heterocycles. The largest absolute Gasteiger partial charge is 0.388 e. The lowest BCUT2D eigenvalue weighted by molar-refractivity contribution is -0.117. The second kappa shape index (κ2) is 6.97. The number of carbonyl (C=O) groups is 1. The molecule has 18 heavy (non-hydrogen) atoms. The molecule has 0 aliphatic carbocycles. The van der Waals surface area contributed by atoms with Crippen LogP contribution in [0.5, 0.6) is 0 Å². The summed E-state index contributed by atoms with van der Waals surface area (Å²) in [6.45, 7) is 4.02. The summed E-state index contributed by atoms with van der Waals surface area (Å²) < 4.78 is 0. The Balaban J connectivity index is 2.41. The SMILES string of the molecule is CCCC(C)(O)CNC(=O)/C=C/c1ccccc1. The van der Waals surface area contributed by atoms with Crippen molar-refractivity contribution in [3.63, 3.8) is 0 Å². The van der Waals surface area contributed by atoms with Crippen LogP contribution in [-0.2, 0) is 4.79 Å². The van der Waals surface area contributed by atoms with Gasteiger partial charge in [0.2, 0.25) is 5.91 Å². The Morgan fingerprint density at radius 1 is 1.39 bits per heavy atom. The van der Waals surface area contributed by atoms with E-state index in [2.05, 4.69) is 5.32 Å². The van der Waals surface area contributed by atoms with Gasteiger partial charge in [-0.15, -0.1) is 0 Å². The summed E-state index contributed by atoms with van der Waals surface area (Å²) in [5.74, 6) is -0.185. The molecule has 0 radical (unpaired) electrons. The van der Waals surface area contributed by atoms with Crippen LogP contribution in [0.1, 0.15) is 32.3 Å². The fourth-order valence-corrected chi connectivity index (χ4v) is 1.70. The molecular formula is C15H21NO2. The monoisotopic (exact) mass is 247 g/mol. The minimum absolute atomic E-state index is 0.185. The number of hydrogen-bond acceptors (Lipinski definition) is 2. The number of amides is 1. The Labute approximate surface area is 109 Å². The van der Waals surface area contributed by atoms with E-state index in [-0.39, 0.29) is 12.5 Å². The van der Waals surface area contributed by atoms with Crippen molar-refractivity contribution in [3.8, 4) is 0 Å². The molecule has 0 fully saturated rings. The standard InChI is InChI=1S/C15H21NO2/c1-3-11-15(2,18)12-16-14(17)10-9-13-7-5-4-6-8-13/h4-10,18H,3,11-12H2,1-2H3,(H,16,17)/b10-9+. The van der Waals surface area contributed by atoms with Gasteiger partial charge in [0.15, 0.2) is 0 Å². The van der Waals surface area contributed by atoms with E-state index in [0.717, 1.165) is 12.0 Å². The number of carbonyl (C=O) groups excluding carboxylic acids is 1. The van der Waals surface area contributed by atoms with Crippen molar-refractivity contribution in [3.05, 3.63) is 42.0 Å². The van der Waals surface area contributed by atoms with E-state index in [4.69, 9.17) is 0 Å². The highest BCUT2D eigenvalue weighted by Gasteiger charge is 2.18. The summed E-state index contributed by atoms with van der Waals surface area (Å²) in [5.41, 5.74) is 0.151. The molecule has 98 valence electrons. The topological polar surface area (TPSA) is 49.3 Å². The highest BCUT2D eigenvalue weighted by Crippen LogP contribution is 2.09. The van der Waals surface area contributed by atoms with Crippen LogP contribution in [0.3, 0.4) is 0 Å². The van der Waals surface area contributed by atoms with E-state index in [1.165, 1.54) is 6.08 Å². The maximum Gasteiger partial charge on any atom is 0.244 e. The van der Waals surface area contributed by atoms with Gasteiger partial charge in [0.25, 0.3) is 0 Å². The van der Waals surface area contributed by atoms with Crippen LogP contribution in [0.25, 0.3) is 6.08 Å². The average Bonchev–Trinajstić information content (AvgIpc) is 2.35. The Hall–Kier alpha value is -1.61. The number of hydrogen-bond donors (Lipinski definition) is 2. The lowest BCUT2D eigenvalue weighted by Crippen LogP contribution is -2.39. The molecule has 1 aromatic rings. The van der Waals surface area contributed by atoms with Crippen molar-refractivity contribution in [2.75, 3.05) is 6.54 Å². The van der Waals surface area contributed by atoms with Crippen molar-refractivity contribution < 1.29 is 9.90 Å². The maximum absolute atomic E-state index is 11.6. The highest BCUT2D eigenvalue weighted by molar-refractivity contribution is 5.91. The molecule has 2 N–H and O–H groups in total. The molecule has 1 unspecified atom stereocenters. The van der Waals surface area contributed by atoms with Gasteiger partial charge in [-0.05, 0) is 25.0 Å². The summed E-state index contributed by atoms with van der Waals surface area (Å²) in [7, 11) is 0. The van der Waals surface area contributed by atoms with Gasteiger partial charge in [0.05, 0.1) is 5.60 Å². The molecule has 0 spiro atoms. The zero-order valence-electron chi connectivity index (χ0n) is 11.0. The molecule has 1 amide bonds. The number of rotatable bonds is 6. The molecule has 1 aromatic carbocycles. The van der Waals surface area contributed by atoms with Crippen LogP contribution < -0.4 is 5.32 Å². The molecule has 3 heteroatoms. The van der Waals surface area contributed by atoms with Gasteiger partial charge in [-0.2, -0.15) is 0 Å². The predicted octanol–water partition coefficient (Wildman–Crippen LogP) is 2.37. The fraction of sp³-hybridized carbons (Fsp3) is 0.400. The quantitative estimate of drug-likeness (QED) is 0.758. The van der Waals surface area contributed by atoms with Crippen LogP contribution in [0.2, 0.25) is 0 Å². The Morgan fingerprint density at radius 3 is 2.67 bits per heavy atom. The molecular weight excluding hydrogens is 226 g/mol. The van der Waals surface area contributed by atoms with E-state index in [1.807, 2.05) is 37.3 Å². The second-order valence-corrected chi connectivity index (χ2v) is 4.71. The molecule has 3 nitrogen and oxygen atoms in total. The minimum Gasteiger partial charge on any atom is -0.388 e. The number of aliphatic hydroxyl groups is 1. The van der Waals surface area contributed by atoms with Crippen LogP contribution in [-0.4, -0.2) is 23.2 Å². The van der Waals surface area contributed by atoms with Gasteiger partial charge in [0.1, 0.15) is 0 Å². The zero-order chi connectivity index (χ0) is 13.4. The maximum atomic E-state index is 11.6. The lowest BCUT2D eigenvalue weighted by Gasteiger charge is -2.22. The van der Waals surface area contributed by atoms with Crippen molar-refractivity contribution >= 4 is 12.0 Å². The first-order chi connectivity index (χ1) is 8.53. The first-order valence-electron chi connectivity index (χ1n) is 6.27. The summed E-state index contributed by atoms with van der Waals surface area (Å²) in [6, 6.07) is 9.63. The van der Waals surface area contributed by atoms with E-state index in [9.17, 15) is 9.90 Å². The van der Waals surface area contributed by atoms with Crippen molar-refractivity contribution in [2.45, 2.75) is 32.3 Å². The Bertz CT molecular complexity index is 396. The van der Waals surface area contributed by atoms with Crippen LogP contribution in [0.4, 0.5) is 0 Å². The number of nitrogens with one attached hydrogen (secondary N) is 1. The van der Waals surface area contributed by atoms with Crippen LogP contribution in [0, 0.1) is 0 Å². The zero-order valence-corrected chi connectivity index (χ0v) is 11.0. The van der Waals surface area contributed by atoms with Gasteiger partial charge < -0.3 is 10.4 Å². The molecule has 1 atom stereocenters. The second-order valence-electron chi connectivity index (χ2n) is 4.71. The third kappa shape index (κ3) is 5.64. The van der Waals surface area contributed by atoms with Gasteiger partial charge in [-0.3, -0.25) is 4.79 Å². The summed E-state index contributed by atoms with van der Waals surface area (Å²) in [4.78, 5) is 11.6. The van der Waals surface area contributed by atoms with Crippen LogP contribution in [0.15, 0.2) is 36.4 Å². The molecule has 0 bridgehead atoms. The molecule has 0 aliphatic heterocycles. The predicted molar refractivity (Wildman–Crippen MR) is 74.0 cm³/mol. The van der Waals surface area contributed by atoms with E-state index in [0.29, 0.717) is 6.42 Å². The molecule has 0 heterocycles. The first kappa shape index (κ1) is 14.5. The normalized spacial score (nSPS) is 14.4. The molecule has 0 saturated heterocycles. The molecule has 1 rings (SSSR count). The first-order valence-corrected chi connectivity index (χ1v) is 6.27. The van der Waals surface area contributed by atoms with Crippen molar-refractivity contribution in [2.24, 2.45) is 0 Å². The van der Waals surface area contributed by atoms with Gasteiger partial charge in [-0.1, -0.05) is 43.7 Å². The smallest absolute Gasteiger partial charge is 0.244 e. The van der Waals surface area contributed by atoms with Crippen molar-refractivity contribution in [1.82, 2.24) is 5.32 Å². The van der Waals surface area contributed by atoms with Gasteiger partial charge >= 0.3 is 0 Å². The van der Waals surface area contributed by atoms with E-state index >= 15 is 0 Å². The average molecular weight is 247 g/mol. The summed E-state index contributed by atoms with van der Waals surface area (Å²) in [5, 5.41) is 12.6. The van der Waals surface area contributed by atoms with Crippen molar-refractivity contribution in [1.29, 1.82) is 0 Å². The van der Waals surface area contributed by atoms with E-state index in [1.54, 1.807) is 13.0 Å². The number of benzene rings is 1. The van der Waals surface area contributed by atoms with Gasteiger partial charge in [-0.25, -0.2) is 0 Å². The Kier molecular flexibility index (Phi) is 5.59. The molecule has 0 aliphatic rings. The van der Waals surface area contributed by atoms with Crippen LogP contribution >= 0.6 is 0 Å². The summed E-state index contributed by atoms with van der Waals surface area (Å²) >= 11 is 0. The molecule has 0 saturated carbocycles. The highest BCUT2D eigenvalue weighted by atomic mass is 16.3. The lowest BCUT2D eigenvalue weighted by atomic mass is 10.0. The third-order valence-electron chi connectivity index (χ3n) is 2.66. The van der Waals surface area contributed by atoms with E-state index < -0.39 is 5.60 Å². The summed E-state index contributed by atoms with van der Waals surface area (Å²) in [6.07, 6.45) is 4.81. The fourth-order valence-electron chi connectivity index (χ4n) is 1.70. The third-order valence-corrected chi connectivity index (χ3v) is 2.66.